The second-order valence-electron chi connectivity index (χ2n) is 4.61. The highest BCUT2D eigenvalue weighted by molar-refractivity contribution is 7.86. The van der Waals surface area contributed by atoms with Crippen LogP contribution in [0, 0.1) is 6.92 Å². The van der Waals surface area contributed by atoms with Gasteiger partial charge in [-0.25, -0.2) is 17.6 Å². The Morgan fingerprint density at radius 2 is 1.81 bits per heavy atom. The molecule has 0 N–H and O–H groups in total. The molecule has 1 aromatic heterocycles. The fourth-order valence-electron chi connectivity index (χ4n) is 1.54. The van der Waals surface area contributed by atoms with Crippen LogP contribution < -0.4 is 4.57 Å². The molecule has 0 saturated heterocycles. The first-order valence-corrected chi connectivity index (χ1v) is 7.95. The predicted molar refractivity (Wildman–Crippen MR) is 70.2 cm³/mol. The van der Waals surface area contributed by atoms with Gasteiger partial charge in [-0.05, 0) is 12.8 Å². The van der Waals surface area contributed by atoms with Crippen molar-refractivity contribution in [2.75, 3.05) is 0 Å². The molecule has 1 heterocycles. The van der Waals surface area contributed by atoms with E-state index in [9.17, 15) is 13.2 Å². The molecule has 9 heteroatoms. The first-order valence-electron chi connectivity index (χ1n) is 6.54. The van der Waals surface area contributed by atoms with Gasteiger partial charge < -0.3 is 4.55 Å². The van der Waals surface area contributed by atoms with E-state index in [0.29, 0.717) is 0 Å². The Balaban J connectivity index is 0.000000433. The van der Waals surface area contributed by atoms with Crippen LogP contribution in [0.15, 0.2) is 12.4 Å². The molecule has 0 aliphatic rings. The van der Waals surface area contributed by atoms with Gasteiger partial charge in [0.2, 0.25) is 0 Å². The molecule has 21 heavy (non-hydrogen) atoms. The van der Waals surface area contributed by atoms with Gasteiger partial charge in [0, 0.05) is 6.92 Å². The van der Waals surface area contributed by atoms with Crippen LogP contribution in [-0.2, 0) is 23.7 Å². The summed E-state index contributed by atoms with van der Waals surface area (Å²) >= 11 is 0. The Kier molecular flexibility index (Phi) is 7.94. The third-order valence-corrected chi connectivity index (χ3v) is 3.50. The summed E-state index contributed by atoms with van der Waals surface area (Å²) in [5.74, 6) is 1.34. The number of aromatic nitrogens is 2. The monoisotopic (exact) mass is 330 g/mol. The predicted octanol–water partition coefficient (Wildman–Crippen LogP) is 2.25. The summed E-state index contributed by atoms with van der Waals surface area (Å²) in [5.41, 5.74) is -5.65. The molecule has 0 bridgehead atoms. The smallest absolute Gasteiger partial charge is 0.485 e. The number of hydrogen-bond acceptors (Lipinski definition) is 3. The lowest BCUT2D eigenvalue weighted by atomic mass is 10.2. The van der Waals surface area contributed by atoms with Crippen molar-refractivity contribution < 1.29 is 30.7 Å². The summed E-state index contributed by atoms with van der Waals surface area (Å²) in [6, 6.07) is 0. The number of unbranched alkanes of at least 4 members (excludes halogenated alkanes) is 3. The lowest BCUT2D eigenvalue weighted by Crippen LogP contribution is -2.35. The van der Waals surface area contributed by atoms with E-state index in [1.807, 2.05) is 0 Å². The summed E-state index contributed by atoms with van der Waals surface area (Å²) in [4.78, 5) is 0. The van der Waals surface area contributed by atoms with Crippen LogP contribution in [0.2, 0.25) is 0 Å². The SMILES string of the molecule is CCCCCC[n+]1ccn(C)c1C.O=S(=O)([O-])C(F)(F)F. The fourth-order valence-corrected chi connectivity index (χ4v) is 1.54. The van der Waals surface area contributed by atoms with E-state index in [1.165, 1.54) is 38.1 Å². The minimum atomic E-state index is -6.09. The van der Waals surface area contributed by atoms with E-state index in [0.717, 1.165) is 0 Å². The van der Waals surface area contributed by atoms with Gasteiger partial charge in [0.05, 0.1) is 13.6 Å². The molecular formula is C12H21F3N2O3S. The van der Waals surface area contributed by atoms with Gasteiger partial charge in [-0.3, -0.25) is 0 Å². The van der Waals surface area contributed by atoms with Crippen molar-refractivity contribution in [3.05, 3.63) is 18.2 Å². The van der Waals surface area contributed by atoms with E-state index >= 15 is 0 Å². The minimum Gasteiger partial charge on any atom is -0.741 e. The fraction of sp³-hybridized carbons (Fsp3) is 0.750. The van der Waals surface area contributed by atoms with Crippen molar-refractivity contribution in [1.29, 1.82) is 0 Å². The normalized spacial score (nSPS) is 12.0. The largest absolute Gasteiger partial charge is 0.741 e. The summed E-state index contributed by atoms with van der Waals surface area (Å²) in [6.07, 6.45) is 9.64. The standard InChI is InChI=1S/C11H21N2.CHF3O3S/c1-4-5-6-7-8-13-10-9-12(3)11(13)2;2-1(3,4)8(5,6)7/h9-10H,4-8H2,1-3H3;(H,5,6,7)/q+1;/p-1. The second kappa shape index (κ2) is 8.38. The van der Waals surface area contributed by atoms with Crippen LogP contribution in [0.25, 0.3) is 0 Å². The maximum absolute atomic E-state index is 10.7. The third-order valence-electron chi connectivity index (χ3n) is 2.93. The van der Waals surface area contributed by atoms with Gasteiger partial charge in [0.15, 0.2) is 10.1 Å². The Morgan fingerprint density at radius 1 is 1.29 bits per heavy atom. The van der Waals surface area contributed by atoms with Gasteiger partial charge in [-0.1, -0.05) is 19.8 Å². The number of hydrogen-bond donors (Lipinski definition) is 0. The number of rotatable bonds is 5. The van der Waals surface area contributed by atoms with E-state index in [1.54, 1.807) is 0 Å². The Bertz CT molecular complexity index is 524. The molecule has 0 aliphatic heterocycles. The number of imidazole rings is 1. The van der Waals surface area contributed by atoms with Crippen LogP contribution in [0.4, 0.5) is 13.2 Å². The summed E-state index contributed by atoms with van der Waals surface area (Å²) in [6.45, 7) is 5.59. The highest BCUT2D eigenvalue weighted by Gasteiger charge is 2.36. The van der Waals surface area contributed by atoms with Crippen molar-refractivity contribution in [3.8, 4) is 0 Å². The van der Waals surface area contributed by atoms with Crippen molar-refractivity contribution in [3.63, 3.8) is 0 Å². The Hall–Kier alpha value is -1.09. The number of halogens is 3. The third kappa shape index (κ3) is 7.47. The summed E-state index contributed by atoms with van der Waals surface area (Å²) in [5, 5.41) is 0. The molecule has 0 fully saturated rings. The van der Waals surface area contributed by atoms with Crippen LogP contribution in [0.3, 0.4) is 0 Å². The molecule has 0 amide bonds. The van der Waals surface area contributed by atoms with E-state index in [-0.39, 0.29) is 0 Å². The van der Waals surface area contributed by atoms with E-state index < -0.39 is 15.6 Å². The molecule has 1 aromatic rings. The number of aryl methyl sites for hydroxylation is 2. The quantitative estimate of drug-likeness (QED) is 0.360. The first kappa shape index (κ1) is 19.9. The zero-order chi connectivity index (χ0) is 16.7. The second-order valence-corrected chi connectivity index (χ2v) is 5.98. The van der Waals surface area contributed by atoms with Crippen LogP contribution in [0.1, 0.15) is 38.4 Å². The van der Waals surface area contributed by atoms with Gasteiger partial charge in [-0.2, -0.15) is 13.2 Å². The zero-order valence-corrected chi connectivity index (χ0v) is 13.2. The Morgan fingerprint density at radius 3 is 2.14 bits per heavy atom. The van der Waals surface area contributed by atoms with Crippen molar-refractivity contribution in [2.24, 2.45) is 7.05 Å². The zero-order valence-electron chi connectivity index (χ0n) is 12.4. The van der Waals surface area contributed by atoms with Crippen LogP contribution in [-0.4, -0.2) is 23.0 Å². The lowest BCUT2D eigenvalue weighted by Gasteiger charge is -2.08. The molecule has 5 nitrogen and oxygen atoms in total. The van der Waals surface area contributed by atoms with Gasteiger partial charge >= 0.3 is 5.51 Å². The minimum absolute atomic E-state index is 1.17. The van der Waals surface area contributed by atoms with Crippen molar-refractivity contribution in [2.45, 2.75) is 51.6 Å². The van der Waals surface area contributed by atoms with Crippen molar-refractivity contribution in [1.82, 2.24) is 4.57 Å². The van der Waals surface area contributed by atoms with Crippen molar-refractivity contribution >= 4 is 10.1 Å². The topological polar surface area (TPSA) is 66.0 Å². The highest BCUT2D eigenvalue weighted by Crippen LogP contribution is 2.20. The summed E-state index contributed by atoms with van der Waals surface area (Å²) in [7, 11) is -4.00. The number of alkyl halides is 3. The van der Waals surface area contributed by atoms with Gasteiger partial charge in [-0.15, -0.1) is 0 Å². The molecule has 1 rings (SSSR count). The summed E-state index contributed by atoms with van der Waals surface area (Å²) < 4.78 is 63.4. The molecule has 0 radical (unpaired) electrons. The molecule has 124 valence electrons. The maximum Gasteiger partial charge on any atom is 0.485 e. The molecule has 0 spiro atoms. The van der Waals surface area contributed by atoms with Crippen LogP contribution in [0.5, 0.6) is 0 Å². The molecule has 0 aliphatic carbocycles. The Labute approximate surface area is 123 Å². The van der Waals surface area contributed by atoms with Crippen LogP contribution >= 0.6 is 0 Å². The van der Waals surface area contributed by atoms with E-state index in [2.05, 4.69) is 42.4 Å². The lowest BCUT2D eigenvalue weighted by molar-refractivity contribution is -0.702. The average molecular weight is 330 g/mol. The average Bonchev–Trinajstić information content (AvgIpc) is 2.64. The van der Waals surface area contributed by atoms with Gasteiger partial charge in [0.25, 0.3) is 5.82 Å². The first-order chi connectivity index (χ1) is 9.50. The molecule has 0 unspecified atom stereocenters. The molecule has 0 saturated carbocycles. The van der Waals surface area contributed by atoms with Gasteiger partial charge in [0.1, 0.15) is 12.4 Å². The highest BCUT2D eigenvalue weighted by atomic mass is 32.2. The maximum atomic E-state index is 10.7. The molecular weight excluding hydrogens is 309 g/mol. The number of nitrogens with zero attached hydrogens (tertiary/aromatic N) is 2. The molecule has 0 atom stereocenters. The molecule has 0 aromatic carbocycles. The van der Waals surface area contributed by atoms with E-state index in [4.69, 9.17) is 13.0 Å².